The van der Waals surface area contributed by atoms with Gasteiger partial charge < -0.3 is 0 Å². The summed E-state index contributed by atoms with van der Waals surface area (Å²) in [4.78, 5) is 0. The molecule has 0 aromatic heterocycles. The van der Waals surface area contributed by atoms with E-state index >= 15 is 0 Å². The molecule has 0 N–H and O–H groups in total. The number of hydrogen-bond acceptors (Lipinski definition) is 0. The molecule has 0 aromatic rings. The third kappa shape index (κ3) is 8.98. The molecule has 0 rings (SSSR count). The van der Waals surface area contributed by atoms with E-state index in [1.54, 1.807) is 0 Å². The summed E-state index contributed by atoms with van der Waals surface area (Å²) in [5.41, 5.74) is 0. The molecule has 0 aliphatic rings. The third-order valence-corrected chi connectivity index (χ3v) is 0. The second-order valence-corrected chi connectivity index (χ2v) is 6.10. The van der Waals surface area contributed by atoms with Crippen LogP contribution >= 0.6 is 16.6 Å². The van der Waals surface area contributed by atoms with Gasteiger partial charge in [-0.15, -0.1) is 0 Å². The van der Waals surface area contributed by atoms with Gasteiger partial charge in [-0.3, -0.25) is 0 Å². The summed E-state index contributed by atoms with van der Waals surface area (Å²) in [6.07, 6.45) is 0. The van der Waals surface area contributed by atoms with E-state index in [1.165, 1.54) is 0 Å². The van der Waals surface area contributed by atoms with Gasteiger partial charge in [0.15, 0.2) is 0 Å². The standard InChI is InChI=1S/Cd.2ClH.H2Se/h;2*1H;1H2/q+2;;;/p-2. The molecule has 0 aromatic carbocycles. The number of hydrogen-bond donors (Lipinski definition) is 0. The Bertz CT molecular complexity index is 6.00. The molecule has 4 heavy (non-hydrogen) atoms. The SMILES string of the molecule is [Cl][Cd][Cl].[SeH2]. The van der Waals surface area contributed by atoms with E-state index in [1.807, 2.05) is 0 Å². The predicted octanol–water partition coefficient (Wildman–Crippen LogP) is 0.460. The summed E-state index contributed by atoms with van der Waals surface area (Å²) >= 11 is -1.07. The van der Waals surface area contributed by atoms with Crippen LogP contribution in [0.1, 0.15) is 0 Å². The summed E-state index contributed by atoms with van der Waals surface area (Å²) in [6, 6.07) is 0. The second kappa shape index (κ2) is 8.90. The molecule has 0 atom stereocenters. The fraction of sp³-hybridized carbons (Fsp3) is 0. The molecule has 0 spiro atoms. The Balaban J connectivity index is 0. The van der Waals surface area contributed by atoms with Gasteiger partial charge in [0.1, 0.15) is 0 Å². The van der Waals surface area contributed by atoms with Crippen molar-refractivity contribution in [2.45, 2.75) is 0 Å². The van der Waals surface area contributed by atoms with E-state index in [0.717, 1.165) is 0 Å². The van der Waals surface area contributed by atoms with Crippen molar-refractivity contribution in [1.29, 1.82) is 0 Å². The minimum absolute atomic E-state index is 0. The van der Waals surface area contributed by atoms with Crippen LogP contribution in [0, 0.1) is 0 Å². The minimum atomic E-state index is -1.07. The van der Waals surface area contributed by atoms with Gasteiger partial charge in [0.2, 0.25) is 0 Å². The van der Waals surface area contributed by atoms with Crippen LogP contribution in [0.3, 0.4) is 0 Å². The normalized spacial score (nSPS) is 2.50. The van der Waals surface area contributed by atoms with Gasteiger partial charge >= 0.3 is 55.5 Å². The van der Waals surface area contributed by atoms with Crippen molar-refractivity contribution in [3.63, 3.8) is 0 Å². The van der Waals surface area contributed by atoms with Crippen LogP contribution in [-0.4, -0.2) is 17.1 Å². The summed E-state index contributed by atoms with van der Waals surface area (Å²) in [7, 11) is 9.95. The molecule has 0 fully saturated rings. The molecule has 0 unspecified atom stereocenters. The fourth-order valence-corrected chi connectivity index (χ4v) is 0. The molecule has 0 heterocycles. The van der Waals surface area contributed by atoms with E-state index in [-0.39, 0.29) is 17.1 Å². The van der Waals surface area contributed by atoms with Crippen molar-refractivity contribution in [2.24, 2.45) is 0 Å². The van der Waals surface area contributed by atoms with Crippen LogP contribution in [0.25, 0.3) is 0 Å². The maximum atomic E-state index is 4.97. The van der Waals surface area contributed by atoms with Crippen LogP contribution in [0.2, 0.25) is 0 Å². The summed E-state index contributed by atoms with van der Waals surface area (Å²) in [5, 5.41) is 0. The fourth-order valence-electron chi connectivity index (χ4n) is 0. The molecule has 0 radical (unpaired) electrons. The number of halogens is 2. The monoisotopic (exact) mass is 266 g/mol. The average molecular weight is 264 g/mol. The van der Waals surface area contributed by atoms with Gasteiger partial charge in [-0.05, 0) is 0 Å². The van der Waals surface area contributed by atoms with Crippen molar-refractivity contribution in [2.75, 3.05) is 0 Å². The van der Waals surface area contributed by atoms with Crippen LogP contribution in [0.4, 0.5) is 0 Å². The summed E-state index contributed by atoms with van der Waals surface area (Å²) in [6.45, 7) is 0. The average Bonchev–Trinajstić information content (AvgIpc) is 0.918. The Kier molecular flexibility index (Phi) is 20.9. The molecule has 0 aliphatic carbocycles. The summed E-state index contributed by atoms with van der Waals surface area (Å²) in [5.74, 6) is 0. The van der Waals surface area contributed by atoms with E-state index in [4.69, 9.17) is 16.6 Å². The van der Waals surface area contributed by atoms with E-state index in [9.17, 15) is 0 Å². The first-order valence-electron chi connectivity index (χ1n) is 0.535. The topological polar surface area (TPSA) is 0 Å². The summed E-state index contributed by atoms with van der Waals surface area (Å²) < 4.78 is 0. The quantitative estimate of drug-likeness (QED) is 0.558. The Morgan fingerprint density at radius 3 is 1.25 bits per heavy atom. The predicted molar refractivity (Wildman–Crippen MR) is 20.2 cm³/mol. The molecule has 4 heteroatoms. The van der Waals surface area contributed by atoms with Crippen molar-refractivity contribution in [3.8, 4) is 0 Å². The Morgan fingerprint density at radius 2 is 1.25 bits per heavy atom. The zero-order valence-electron chi connectivity index (χ0n) is 1.96. The van der Waals surface area contributed by atoms with Crippen molar-refractivity contribution < 1.29 is 21.8 Å². The van der Waals surface area contributed by atoms with Crippen molar-refractivity contribution >= 4 is 33.7 Å². The zero-order chi connectivity index (χ0) is 2.71. The molecule has 0 amide bonds. The maximum absolute atomic E-state index is 4.97. The van der Waals surface area contributed by atoms with E-state index in [2.05, 4.69) is 0 Å². The van der Waals surface area contributed by atoms with E-state index < -0.39 is 21.8 Å². The Labute approximate surface area is 54.9 Å². The van der Waals surface area contributed by atoms with E-state index in [0.29, 0.717) is 0 Å². The first-order chi connectivity index (χ1) is 1.41. The van der Waals surface area contributed by atoms with Crippen LogP contribution in [0.15, 0.2) is 0 Å². The second-order valence-electron chi connectivity index (χ2n) is 0.101. The molecule has 0 nitrogen and oxygen atoms in total. The number of rotatable bonds is 0. The molecule has 0 aliphatic heterocycles. The van der Waals surface area contributed by atoms with Gasteiger partial charge in [-0.25, -0.2) is 0 Å². The van der Waals surface area contributed by atoms with Gasteiger partial charge in [0.05, 0.1) is 0 Å². The van der Waals surface area contributed by atoms with Gasteiger partial charge in [0.25, 0.3) is 0 Å². The molecule has 24 valence electrons. The molecule has 0 saturated heterocycles. The van der Waals surface area contributed by atoms with Crippen molar-refractivity contribution in [3.05, 3.63) is 0 Å². The Morgan fingerprint density at radius 1 is 1.25 bits per heavy atom. The van der Waals surface area contributed by atoms with Gasteiger partial charge in [-0.2, -0.15) is 0 Å². The van der Waals surface area contributed by atoms with Crippen molar-refractivity contribution in [1.82, 2.24) is 0 Å². The molecular weight excluding hydrogens is 262 g/mol. The molecular formula is H2CdCl2Se. The molecule has 0 saturated carbocycles. The first kappa shape index (κ1) is 9.39. The zero-order valence-corrected chi connectivity index (χ0v) is 9.61. The van der Waals surface area contributed by atoms with Gasteiger partial charge in [-0.1, -0.05) is 0 Å². The van der Waals surface area contributed by atoms with Gasteiger partial charge in [0, 0.05) is 0 Å². The Hall–Kier alpha value is 2.02. The first-order valence-corrected chi connectivity index (χ1v) is 10.8. The van der Waals surface area contributed by atoms with Crippen LogP contribution in [-0.2, 0) is 21.8 Å². The van der Waals surface area contributed by atoms with Crippen LogP contribution in [0.5, 0.6) is 0 Å². The third-order valence-electron chi connectivity index (χ3n) is 0. The van der Waals surface area contributed by atoms with Crippen LogP contribution < -0.4 is 0 Å². The molecule has 0 bridgehead atoms.